The van der Waals surface area contributed by atoms with Gasteiger partial charge in [-0.1, -0.05) is 51.4 Å². The topological polar surface area (TPSA) is 96.2 Å². The van der Waals surface area contributed by atoms with E-state index in [2.05, 4.69) is 42.5 Å². The van der Waals surface area contributed by atoms with E-state index in [4.69, 9.17) is 0 Å². The third-order valence-corrected chi connectivity index (χ3v) is 13.8. The Morgan fingerprint density at radius 1 is 0.220 bits per heavy atom. The molecule has 8 N–H and O–H groups in total. The molecule has 0 amide bonds. The molecule has 9 fully saturated rings. The van der Waals surface area contributed by atoms with Crippen LogP contribution in [0, 0.1) is 84.2 Å². The van der Waals surface area contributed by atoms with Crippen LogP contribution in [-0.4, -0.2) is 49.3 Å². The monoisotopic (exact) mass is 721 g/mol. The van der Waals surface area contributed by atoms with Crippen molar-refractivity contribution >= 4 is 0 Å². The molecule has 4 saturated carbocycles. The summed E-state index contributed by atoms with van der Waals surface area (Å²) in [4.78, 5) is 0. The van der Waals surface area contributed by atoms with E-state index in [1.807, 2.05) is 0 Å². The van der Waals surface area contributed by atoms with Gasteiger partial charge in [-0.3, -0.25) is 42.5 Å². The summed E-state index contributed by atoms with van der Waals surface area (Å²) in [5.41, 5.74) is 0. The van der Waals surface area contributed by atoms with Crippen LogP contribution >= 0.6 is 0 Å². The molecule has 0 aromatic heterocycles. The molecule has 41 heavy (non-hydrogen) atoms. The molecular weight excluding hydrogens is 665 g/mol. The third kappa shape index (κ3) is 5.22. The van der Waals surface area contributed by atoms with Gasteiger partial charge in [-0.2, -0.15) is 0 Å². The third-order valence-electron chi connectivity index (χ3n) is 13.8. The first kappa shape index (κ1) is 29.3. The Morgan fingerprint density at radius 2 is 0.341 bits per heavy atom. The minimum absolute atomic E-state index is 0. The van der Waals surface area contributed by atoms with Crippen molar-refractivity contribution in [2.24, 2.45) is 47.3 Å². The number of hydrogen-bond donors (Lipinski definition) is 8. The first-order valence-electron chi connectivity index (χ1n) is 17.9. The minimum Gasteiger partial charge on any atom is -0.286 e. The molecule has 8 atom stereocenters. The predicted molar refractivity (Wildman–Crippen MR) is 157 cm³/mol. The number of rotatable bonds is 0. The molecule has 8 unspecified atom stereocenters. The Balaban J connectivity index is 0.00000256. The molecule has 5 aliphatic heterocycles. The van der Waals surface area contributed by atoms with Crippen molar-refractivity contribution < 1.29 is 36.9 Å². The van der Waals surface area contributed by atoms with Crippen LogP contribution in [0.3, 0.4) is 0 Å². The Morgan fingerprint density at radius 3 is 0.463 bits per heavy atom. The fourth-order valence-corrected chi connectivity index (χ4v) is 12.0. The molecule has 0 spiro atoms. The quantitative estimate of drug-likeness (QED) is 0.194. The second-order valence-electron chi connectivity index (χ2n) is 15.6. The van der Waals surface area contributed by atoms with E-state index < -0.39 is 0 Å². The van der Waals surface area contributed by atoms with Crippen molar-refractivity contribution in [1.82, 2.24) is 42.5 Å². The second kappa shape index (κ2) is 12.3. The van der Waals surface area contributed by atoms with Crippen molar-refractivity contribution in [1.29, 1.82) is 0 Å². The van der Waals surface area contributed by atoms with Gasteiger partial charge in [0.1, 0.15) is 0 Å². The van der Waals surface area contributed by atoms with E-state index in [0.29, 0.717) is 49.3 Å². The smallest absolute Gasteiger partial charge is 0.0628 e. The molecule has 5 saturated heterocycles. The van der Waals surface area contributed by atoms with Crippen molar-refractivity contribution in [3.63, 3.8) is 0 Å². The first-order valence-corrected chi connectivity index (χ1v) is 17.9. The van der Waals surface area contributed by atoms with Crippen molar-refractivity contribution in [3.8, 4) is 0 Å². The van der Waals surface area contributed by atoms with Crippen LogP contribution in [0.15, 0.2) is 0 Å². The Labute approximate surface area is 277 Å². The van der Waals surface area contributed by atoms with Gasteiger partial charge in [0.2, 0.25) is 0 Å². The van der Waals surface area contributed by atoms with Crippen LogP contribution in [0.1, 0.15) is 103 Å². The minimum atomic E-state index is 0. The fourth-order valence-electron chi connectivity index (χ4n) is 12.0. The summed E-state index contributed by atoms with van der Waals surface area (Å²) in [6.45, 7) is 0. The Bertz CT molecular complexity index is 716. The SMILES string of the molecule is C1CCC2C3NC(NC4NC(NC5NC(NC6NC(N3)C3CCCCC63)C3CCCCC53)C3CCCCC43)C2C1.[Tm]. The molecule has 0 aromatic carbocycles. The predicted octanol–water partition coefficient (Wildman–Crippen LogP) is 2.61. The van der Waals surface area contributed by atoms with Gasteiger partial charge in [0.05, 0.1) is 49.3 Å². The summed E-state index contributed by atoms with van der Waals surface area (Å²) in [5.74, 6) is 5.97. The maximum absolute atomic E-state index is 4.26. The van der Waals surface area contributed by atoms with Gasteiger partial charge >= 0.3 is 0 Å². The summed E-state index contributed by atoms with van der Waals surface area (Å²) in [6.07, 6.45) is 25.6. The summed E-state index contributed by atoms with van der Waals surface area (Å²) < 4.78 is 0. The fraction of sp³-hybridized carbons (Fsp3) is 1.00. The Hall–Kier alpha value is 0.914. The van der Waals surface area contributed by atoms with Crippen molar-refractivity contribution in [2.45, 2.75) is 152 Å². The van der Waals surface area contributed by atoms with Gasteiger partial charge < -0.3 is 0 Å². The Kier molecular flexibility index (Phi) is 8.77. The molecule has 5 heterocycles. The normalized spacial score (nSPS) is 56.2. The van der Waals surface area contributed by atoms with Crippen LogP contribution in [0.5, 0.6) is 0 Å². The van der Waals surface area contributed by atoms with Gasteiger partial charge in [0.15, 0.2) is 0 Å². The second-order valence-corrected chi connectivity index (χ2v) is 15.6. The molecule has 8 nitrogen and oxygen atoms in total. The summed E-state index contributed by atoms with van der Waals surface area (Å²) in [5, 5.41) is 33.8. The summed E-state index contributed by atoms with van der Waals surface area (Å²) >= 11 is 0. The molecule has 237 valence electrons. The van der Waals surface area contributed by atoms with Gasteiger partial charge in [0.25, 0.3) is 0 Å². The maximum atomic E-state index is 4.26. The van der Waals surface area contributed by atoms with Gasteiger partial charge in [-0.05, 0) is 98.7 Å². The van der Waals surface area contributed by atoms with E-state index >= 15 is 0 Å². The molecule has 9 heteroatoms. The van der Waals surface area contributed by atoms with Crippen molar-refractivity contribution in [2.75, 3.05) is 0 Å². The summed E-state index contributed by atoms with van der Waals surface area (Å²) in [6, 6.07) is 0. The zero-order valence-corrected chi connectivity index (χ0v) is 26.6. The molecule has 9 rings (SSSR count). The van der Waals surface area contributed by atoms with E-state index in [1.54, 1.807) is 0 Å². The number of hydrogen-bond acceptors (Lipinski definition) is 8. The maximum Gasteiger partial charge on any atom is 0.0628 e. The molecular formula is C32H56N8Tm. The standard InChI is InChI=1S/C32H56N8.Tm/c1-2-10-18-17(9-1)25-33-26(18)38-28-21-13-5-6-14-22(21)30(35-28)40-32-24-16-8-7-15-23(24)31(36-32)39-29-20-12-4-3-11-19(20)27(34-29)37-25;/h17-40H,1-16H2;. The van der Waals surface area contributed by atoms with Crippen molar-refractivity contribution in [3.05, 3.63) is 0 Å². The van der Waals surface area contributed by atoms with Gasteiger partial charge in [-0.25, -0.2) is 0 Å². The zero-order valence-electron chi connectivity index (χ0n) is 24.8. The zero-order chi connectivity index (χ0) is 26.2. The average molecular weight is 722 g/mol. The van der Waals surface area contributed by atoms with Crippen LogP contribution in [0.2, 0.25) is 0 Å². The average Bonchev–Trinajstić information content (AvgIpc) is 3.73. The largest absolute Gasteiger partial charge is 0.286 e. The number of nitrogens with one attached hydrogen (secondary N) is 8. The van der Waals surface area contributed by atoms with Crippen LogP contribution in [-0.2, 0) is 0 Å². The molecule has 4 aliphatic carbocycles. The van der Waals surface area contributed by atoms with E-state index in [0.717, 1.165) is 47.3 Å². The summed E-state index contributed by atoms with van der Waals surface area (Å²) in [7, 11) is 0. The number of fused-ring (bicyclic) bond motifs is 20. The van der Waals surface area contributed by atoms with Crippen LogP contribution < -0.4 is 42.5 Å². The van der Waals surface area contributed by atoms with E-state index in [-0.39, 0.29) is 36.9 Å². The van der Waals surface area contributed by atoms with Gasteiger partial charge in [-0.15, -0.1) is 0 Å². The van der Waals surface area contributed by atoms with Gasteiger partial charge in [0, 0.05) is 36.9 Å². The molecule has 8 bridgehead atoms. The first-order chi connectivity index (χ1) is 19.8. The molecule has 1 radical (unpaired) electrons. The molecule has 0 aromatic rings. The van der Waals surface area contributed by atoms with E-state index in [9.17, 15) is 0 Å². The van der Waals surface area contributed by atoms with Crippen LogP contribution in [0.4, 0.5) is 0 Å². The van der Waals surface area contributed by atoms with E-state index in [1.165, 1.54) is 103 Å². The van der Waals surface area contributed by atoms with Crippen LogP contribution in [0.25, 0.3) is 0 Å². The molecule has 9 aliphatic rings.